The lowest BCUT2D eigenvalue weighted by Crippen LogP contribution is -2.33. The van der Waals surface area contributed by atoms with Crippen molar-refractivity contribution in [1.82, 2.24) is 45.8 Å². The summed E-state index contributed by atoms with van der Waals surface area (Å²) >= 11 is 12.7. The number of benzene rings is 2. The Bertz CT molecular complexity index is 1850. The molecule has 4 N–H and O–H groups in total. The van der Waals surface area contributed by atoms with Crippen LogP contribution in [0.1, 0.15) is 29.4 Å². The molecule has 46 heavy (non-hydrogen) atoms. The van der Waals surface area contributed by atoms with Gasteiger partial charge in [0.2, 0.25) is 11.8 Å². The number of methoxy groups -OCH3 is 1. The van der Waals surface area contributed by atoms with Gasteiger partial charge in [-0.25, -0.2) is 9.78 Å². The molecule has 0 spiro atoms. The Kier molecular flexibility index (Phi) is 10.3. The number of aromatic amines is 1. The predicted molar refractivity (Wildman–Crippen MR) is 170 cm³/mol. The van der Waals surface area contributed by atoms with E-state index in [1.807, 2.05) is 0 Å². The van der Waals surface area contributed by atoms with Gasteiger partial charge in [-0.05, 0) is 64.5 Å². The number of pyridine rings is 1. The third-order valence-electron chi connectivity index (χ3n) is 6.54. The molecule has 0 aliphatic carbocycles. The molecule has 14 nitrogen and oxygen atoms in total. The monoisotopic (exact) mass is 660 g/mol. The topological polar surface area (TPSA) is 182 Å². The van der Waals surface area contributed by atoms with Crippen LogP contribution >= 0.6 is 23.2 Å². The lowest BCUT2D eigenvalue weighted by atomic mass is 10.1. The molecule has 0 aliphatic heterocycles. The van der Waals surface area contributed by atoms with E-state index in [0.717, 1.165) is 5.56 Å². The summed E-state index contributed by atoms with van der Waals surface area (Å²) in [6.07, 6.45) is 6.79. The zero-order valence-corrected chi connectivity index (χ0v) is 25.7. The molecule has 234 valence electrons. The number of carbonyl (C=O) groups is 3. The lowest BCUT2D eigenvalue weighted by Gasteiger charge is -2.16. The average Bonchev–Trinajstić information content (AvgIpc) is 3.74. The first kappa shape index (κ1) is 31.8. The van der Waals surface area contributed by atoms with Gasteiger partial charge in [0.05, 0.1) is 25.3 Å². The van der Waals surface area contributed by atoms with Crippen LogP contribution in [0.2, 0.25) is 10.2 Å². The molecule has 5 aromatic rings. The Morgan fingerprint density at radius 3 is 2.57 bits per heavy atom. The van der Waals surface area contributed by atoms with Crippen molar-refractivity contribution in [2.45, 2.75) is 19.0 Å². The minimum atomic E-state index is -0.889. The van der Waals surface area contributed by atoms with Gasteiger partial charge < -0.3 is 20.4 Å². The maximum Gasteiger partial charge on any atom is 0.411 e. The summed E-state index contributed by atoms with van der Waals surface area (Å²) in [5.74, 6) is -0.592. The van der Waals surface area contributed by atoms with Crippen molar-refractivity contribution in [3.63, 3.8) is 0 Å². The molecule has 0 aliphatic rings. The molecule has 0 unspecified atom stereocenters. The lowest BCUT2D eigenvalue weighted by molar-refractivity contribution is -0.122. The number of ether oxygens (including phenoxy) is 1. The van der Waals surface area contributed by atoms with Crippen molar-refractivity contribution < 1.29 is 19.1 Å². The highest BCUT2D eigenvalue weighted by Crippen LogP contribution is 2.29. The van der Waals surface area contributed by atoms with E-state index < -0.39 is 18.0 Å². The van der Waals surface area contributed by atoms with Crippen LogP contribution in [0.4, 0.5) is 10.5 Å². The van der Waals surface area contributed by atoms with Crippen LogP contribution < -0.4 is 16.0 Å². The van der Waals surface area contributed by atoms with Crippen molar-refractivity contribution >= 4 is 52.9 Å². The van der Waals surface area contributed by atoms with Gasteiger partial charge in [0.1, 0.15) is 23.0 Å². The summed E-state index contributed by atoms with van der Waals surface area (Å²) in [5, 5.41) is 20.1. The van der Waals surface area contributed by atoms with E-state index in [4.69, 9.17) is 23.2 Å². The molecular formula is C30H26Cl2N10O4. The highest BCUT2D eigenvalue weighted by Gasteiger charge is 2.23. The van der Waals surface area contributed by atoms with Crippen molar-refractivity contribution in [3.05, 3.63) is 107 Å². The van der Waals surface area contributed by atoms with E-state index in [0.29, 0.717) is 33.2 Å². The van der Waals surface area contributed by atoms with Crippen molar-refractivity contribution in [3.8, 4) is 16.9 Å². The number of rotatable bonds is 11. The molecule has 3 aromatic heterocycles. The number of nitrogens with one attached hydrogen (secondary N) is 4. The summed E-state index contributed by atoms with van der Waals surface area (Å²) in [4.78, 5) is 49.4. The number of imidazole rings is 1. The molecule has 0 bridgehead atoms. The molecule has 0 radical (unpaired) electrons. The number of anilines is 1. The highest BCUT2D eigenvalue weighted by molar-refractivity contribution is 6.32. The maximum atomic E-state index is 13.2. The Morgan fingerprint density at radius 1 is 1.07 bits per heavy atom. The third kappa shape index (κ3) is 8.31. The first-order valence-corrected chi connectivity index (χ1v) is 14.4. The SMILES string of the molecule is COC(=O)Nc1ccc(-c2nc([C@H](CC(=O)NCc3ccncc3)NC(=O)C=Cc3cc(Cl)ccc3-n3cnnn3)[nH]c2Cl)cc1. The van der Waals surface area contributed by atoms with Gasteiger partial charge in [-0.1, -0.05) is 35.3 Å². The summed E-state index contributed by atoms with van der Waals surface area (Å²) in [7, 11) is 1.27. The summed E-state index contributed by atoms with van der Waals surface area (Å²) < 4.78 is 6.05. The van der Waals surface area contributed by atoms with Gasteiger partial charge in [0.15, 0.2) is 0 Å². The Hall–Kier alpha value is -5.60. The van der Waals surface area contributed by atoms with Crippen molar-refractivity contribution in [2.75, 3.05) is 12.4 Å². The van der Waals surface area contributed by atoms with Gasteiger partial charge in [0.25, 0.3) is 0 Å². The number of halogens is 2. The zero-order valence-electron chi connectivity index (χ0n) is 24.1. The number of tetrazole rings is 1. The van der Waals surface area contributed by atoms with E-state index in [1.165, 1.54) is 24.2 Å². The maximum absolute atomic E-state index is 13.2. The normalized spacial score (nSPS) is 11.6. The molecule has 3 heterocycles. The zero-order chi connectivity index (χ0) is 32.5. The van der Waals surface area contributed by atoms with E-state index in [-0.39, 0.29) is 29.9 Å². The van der Waals surface area contributed by atoms with E-state index in [1.54, 1.807) is 73.1 Å². The average molecular weight is 662 g/mol. The smallest absolute Gasteiger partial charge is 0.411 e. The van der Waals surface area contributed by atoms with Crippen LogP contribution in [0.15, 0.2) is 79.4 Å². The number of H-pyrrole nitrogens is 1. The second-order valence-corrected chi connectivity index (χ2v) is 10.5. The molecule has 0 fully saturated rings. The van der Waals surface area contributed by atoms with Crippen LogP contribution in [-0.4, -0.2) is 60.2 Å². The first-order chi connectivity index (χ1) is 22.3. The number of nitrogens with zero attached hydrogens (tertiary/aromatic N) is 6. The molecular weight excluding hydrogens is 635 g/mol. The largest absolute Gasteiger partial charge is 0.453 e. The standard InChI is InChI=1S/C30H26Cl2N10O4/c1-46-30(45)36-22-6-2-19(3-7-22)27-28(32)39-29(38-27)23(15-26(44)34-16-18-10-12-33-13-11-18)37-25(43)9-4-20-14-21(31)5-8-24(20)42-17-35-40-41-42/h2-14,17,23H,15-16H2,1H3,(H,34,44)(H,36,45)(H,37,43)(H,38,39)/t23-/m0/s1. The van der Waals surface area contributed by atoms with E-state index >= 15 is 0 Å². The first-order valence-electron chi connectivity index (χ1n) is 13.7. The molecule has 16 heteroatoms. The quantitative estimate of drug-likeness (QED) is 0.148. The van der Waals surface area contributed by atoms with Crippen LogP contribution in [0, 0.1) is 0 Å². The summed E-state index contributed by atoms with van der Waals surface area (Å²) in [6.45, 7) is 0.271. The minimum absolute atomic E-state index is 0.150. The molecule has 5 rings (SSSR count). The fourth-order valence-electron chi connectivity index (χ4n) is 4.31. The summed E-state index contributed by atoms with van der Waals surface area (Å²) in [5.41, 5.74) is 3.56. The number of aromatic nitrogens is 7. The second kappa shape index (κ2) is 14.9. The molecule has 0 saturated carbocycles. The third-order valence-corrected chi connectivity index (χ3v) is 7.05. The van der Waals surface area contributed by atoms with Gasteiger partial charge in [-0.3, -0.25) is 19.9 Å². The molecule has 3 amide bonds. The van der Waals surface area contributed by atoms with Crippen LogP contribution in [-0.2, 0) is 20.9 Å². The van der Waals surface area contributed by atoms with Crippen molar-refractivity contribution in [2.24, 2.45) is 0 Å². The highest BCUT2D eigenvalue weighted by atomic mass is 35.5. The number of amides is 3. The van der Waals surface area contributed by atoms with Gasteiger partial charge in [-0.2, -0.15) is 4.68 Å². The summed E-state index contributed by atoms with van der Waals surface area (Å²) in [6, 6.07) is 14.5. The van der Waals surface area contributed by atoms with E-state index in [9.17, 15) is 14.4 Å². The van der Waals surface area contributed by atoms with Gasteiger partial charge in [0, 0.05) is 46.9 Å². The number of carbonyl (C=O) groups excluding carboxylic acids is 3. The minimum Gasteiger partial charge on any atom is -0.453 e. The fraction of sp³-hybridized carbons (Fsp3) is 0.133. The van der Waals surface area contributed by atoms with Gasteiger partial charge >= 0.3 is 6.09 Å². The Balaban J connectivity index is 1.37. The van der Waals surface area contributed by atoms with Crippen LogP contribution in [0.3, 0.4) is 0 Å². The van der Waals surface area contributed by atoms with Crippen molar-refractivity contribution in [1.29, 1.82) is 0 Å². The Morgan fingerprint density at radius 2 is 1.85 bits per heavy atom. The predicted octanol–water partition coefficient (Wildman–Crippen LogP) is 4.51. The Labute approximate surface area is 272 Å². The number of hydrogen-bond acceptors (Lipinski definition) is 9. The number of hydrogen-bond donors (Lipinski definition) is 4. The fourth-order valence-corrected chi connectivity index (χ4v) is 4.73. The van der Waals surface area contributed by atoms with Gasteiger partial charge in [-0.15, -0.1) is 5.10 Å². The van der Waals surface area contributed by atoms with Crippen LogP contribution in [0.25, 0.3) is 23.0 Å². The molecule has 1 atom stereocenters. The molecule has 2 aromatic carbocycles. The van der Waals surface area contributed by atoms with E-state index in [2.05, 4.69) is 51.2 Å². The van der Waals surface area contributed by atoms with Crippen LogP contribution in [0.5, 0.6) is 0 Å². The second-order valence-electron chi connectivity index (χ2n) is 9.67. The molecule has 0 saturated heterocycles.